The predicted octanol–water partition coefficient (Wildman–Crippen LogP) is 5.79. The number of aryl methyl sites for hydroxylation is 1. The molecule has 0 fully saturated rings. The second-order valence-corrected chi connectivity index (χ2v) is 7.06. The van der Waals surface area contributed by atoms with Crippen LogP contribution in [0.4, 0.5) is 5.69 Å². The molecule has 4 heteroatoms. The van der Waals surface area contributed by atoms with Crippen molar-refractivity contribution in [2.24, 2.45) is 0 Å². The first-order valence-electron chi connectivity index (χ1n) is 9.53. The second-order valence-electron chi connectivity index (χ2n) is 6.68. The van der Waals surface area contributed by atoms with E-state index in [1.165, 1.54) is 11.1 Å². The number of thiocarbonyl (C=S) groups is 1. The van der Waals surface area contributed by atoms with E-state index in [1.807, 2.05) is 48.5 Å². The number of hydrogen-bond donors (Lipinski definition) is 1. The van der Waals surface area contributed by atoms with Gasteiger partial charge in [0, 0.05) is 18.8 Å². The molecule has 0 aliphatic carbocycles. The Morgan fingerprint density at radius 3 is 2.25 bits per heavy atom. The minimum Gasteiger partial charge on any atom is -0.489 e. The van der Waals surface area contributed by atoms with Crippen molar-refractivity contribution >= 4 is 23.0 Å². The molecule has 0 spiro atoms. The fraction of sp³-hybridized carbons (Fsp3) is 0.208. The third-order valence-electron chi connectivity index (χ3n) is 4.60. The molecule has 28 heavy (non-hydrogen) atoms. The Morgan fingerprint density at radius 2 is 1.57 bits per heavy atom. The van der Waals surface area contributed by atoms with E-state index in [4.69, 9.17) is 17.0 Å². The highest BCUT2D eigenvalue weighted by Gasteiger charge is 2.10. The van der Waals surface area contributed by atoms with Crippen LogP contribution < -0.4 is 10.1 Å². The van der Waals surface area contributed by atoms with Gasteiger partial charge in [-0.2, -0.15) is 0 Å². The molecule has 0 aromatic heterocycles. The Balaban J connectivity index is 1.57. The molecule has 3 nitrogen and oxygen atoms in total. The number of anilines is 1. The van der Waals surface area contributed by atoms with E-state index in [1.54, 1.807) is 0 Å². The van der Waals surface area contributed by atoms with Crippen molar-refractivity contribution in [1.29, 1.82) is 0 Å². The average Bonchev–Trinajstić information content (AvgIpc) is 2.73. The molecule has 0 heterocycles. The number of nitrogens with zero attached hydrogens (tertiary/aromatic N) is 1. The molecule has 3 rings (SSSR count). The van der Waals surface area contributed by atoms with Gasteiger partial charge in [0.15, 0.2) is 5.11 Å². The smallest absolute Gasteiger partial charge is 0.173 e. The summed E-state index contributed by atoms with van der Waals surface area (Å²) < 4.78 is 5.87. The number of ether oxygens (including phenoxy) is 1. The molecule has 0 aliphatic rings. The van der Waals surface area contributed by atoms with Crippen molar-refractivity contribution in [2.75, 3.05) is 11.9 Å². The first kappa shape index (κ1) is 19.9. The van der Waals surface area contributed by atoms with Gasteiger partial charge < -0.3 is 15.0 Å². The molecular formula is C24H26N2OS. The van der Waals surface area contributed by atoms with Crippen LogP contribution >= 0.6 is 12.2 Å². The van der Waals surface area contributed by atoms with Crippen LogP contribution in [0, 0.1) is 6.92 Å². The number of nitrogens with one attached hydrogen (secondary N) is 1. The topological polar surface area (TPSA) is 24.5 Å². The van der Waals surface area contributed by atoms with Gasteiger partial charge in [-0.25, -0.2) is 0 Å². The van der Waals surface area contributed by atoms with Crippen LogP contribution in [0.3, 0.4) is 0 Å². The summed E-state index contributed by atoms with van der Waals surface area (Å²) in [5, 5.41) is 4.10. The number of hydrogen-bond acceptors (Lipinski definition) is 2. The van der Waals surface area contributed by atoms with Crippen LogP contribution in [0.2, 0.25) is 0 Å². The largest absolute Gasteiger partial charge is 0.489 e. The zero-order valence-corrected chi connectivity index (χ0v) is 17.2. The molecule has 144 valence electrons. The molecule has 0 atom stereocenters. The third kappa shape index (κ3) is 5.57. The summed E-state index contributed by atoms with van der Waals surface area (Å²) in [6.45, 7) is 6.36. The van der Waals surface area contributed by atoms with Gasteiger partial charge in [-0.05, 0) is 61.0 Å². The number of para-hydroxylation sites is 1. The van der Waals surface area contributed by atoms with Crippen LogP contribution in [-0.4, -0.2) is 16.6 Å². The quantitative estimate of drug-likeness (QED) is 0.516. The van der Waals surface area contributed by atoms with Crippen LogP contribution in [0.15, 0.2) is 78.9 Å². The molecule has 0 unspecified atom stereocenters. The minimum absolute atomic E-state index is 0.575. The maximum atomic E-state index is 5.87. The van der Waals surface area contributed by atoms with E-state index >= 15 is 0 Å². The van der Waals surface area contributed by atoms with Crippen molar-refractivity contribution in [2.45, 2.75) is 27.0 Å². The normalized spacial score (nSPS) is 10.4. The van der Waals surface area contributed by atoms with Crippen molar-refractivity contribution in [1.82, 2.24) is 4.90 Å². The van der Waals surface area contributed by atoms with E-state index in [0.29, 0.717) is 6.61 Å². The molecular weight excluding hydrogens is 364 g/mol. The number of benzene rings is 3. The molecule has 3 aromatic carbocycles. The summed E-state index contributed by atoms with van der Waals surface area (Å²) in [5.74, 6) is 0.872. The Kier molecular flexibility index (Phi) is 7.04. The molecule has 0 aliphatic heterocycles. The summed E-state index contributed by atoms with van der Waals surface area (Å²) in [4.78, 5) is 2.15. The Labute approximate surface area is 173 Å². The third-order valence-corrected chi connectivity index (χ3v) is 4.96. The Hall–Kier alpha value is -2.85. The lowest BCUT2D eigenvalue weighted by atomic mass is 10.2. The zero-order valence-electron chi connectivity index (χ0n) is 16.4. The molecule has 0 radical (unpaired) electrons. The fourth-order valence-corrected chi connectivity index (χ4v) is 3.19. The van der Waals surface area contributed by atoms with E-state index < -0.39 is 0 Å². The summed E-state index contributed by atoms with van der Waals surface area (Å²) in [6, 6.07) is 26.6. The van der Waals surface area contributed by atoms with E-state index in [2.05, 4.69) is 54.4 Å². The number of rotatable bonds is 7. The van der Waals surface area contributed by atoms with Gasteiger partial charge >= 0.3 is 0 Å². The Morgan fingerprint density at radius 1 is 0.893 bits per heavy atom. The highest BCUT2D eigenvalue weighted by Crippen LogP contribution is 2.17. The van der Waals surface area contributed by atoms with Crippen LogP contribution in [0.25, 0.3) is 0 Å². The average molecular weight is 391 g/mol. The maximum Gasteiger partial charge on any atom is 0.173 e. The summed E-state index contributed by atoms with van der Waals surface area (Å²) >= 11 is 5.63. The second kappa shape index (κ2) is 9.90. The first-order chi connectivity index (χ1) is 13.7. The molecule has 0 saturated heterocycles. The lowest BCUT2D eigenvalue weighted by Gasteiger charge is -2.25. The molecule has 0 amide bonds. The monoisotopic (exact) mass is 390 g/mol. The van der Waals surface area contributed by atoms with Gasteiger partial charge in [-0.15, -0.1) is 0 Å². The van der Waals surface area contributed by atoms with Crippen molar-refractivity contribution < 1.29 is 4.74 Å². The minimum atomic E-state index is 0.575. The van der Waals surface area contributed by atoms with Crippen LogP contribution in [0.1, 0.15) is 23.6 Å². The lowest BCUT2D eigenvalue weighted by Crippen LogP contribution is -2.34. The molecule has 0 saturated carbocycles. The SMILES string of the molecule is CCN(Cc1ccc(OCc2ccccc2)cc1)C(=S)Nc1ccccc1C. The van der Waals surface area contributed by atoms with Crippen LogP contribution in [-0.2, 0) is 13.2 Å². The fourth-order valence-electron chi connectivity index (χ4n) is 2.89. The van der Waals surface area contributed by atoms with Gasteiger partial charge in [0.1, 0.15) is 12.4 Å². The van der Waals surface area contributed by atoms with E-state index in [9.17, 15) is 0 Å². The van der Waals surface area contributed by atoms with E-state index in [0.717, 1.165) is 35.2 Å². The summed E-state index contributed by atoms with van der Waals surface area (Å²) in [7, 11) is 0. The predicted molar refractivity (Wildman–Crippen MR) is 121 cm³/mol. The molecule has 0 bridgehead atoms. The van der Waals surface area contributed by atoms with E-state index in [-0.39, 0.29) is 0 Å². The van der Waals surface area contributed by atoms with Crippen molar-refractivity contribution in [3.8, 4) is 5.75 Å². The van der Waals surface area contributed by atoms with Crippen LogP contribution in [0.5, 0.6) is 5.75 Å². The summed E-state index contributed by atoms with van der Waals surface area (Å²) in [5.41, 5.74) is 4.59. The first-order valence-corrected chi connectivity index (χ1v) is 9.93. The van der Waals surface area contributed by atoms with Crippen molar-refractivity contribution in [3.63, 3.8) is 0 Å². The Bertz CT molecular complexity index is 894. The van der Waals surface area contributed by atoms with Gasteiger partial charge in [-0.3, -0.25) is 0 Å². The summed E-state index contributed by atoms with van der Waals surface area (Å²) in [6.07, 6.45) is 0. The lowest BCUT2D eigenvalue weighted by molar-refractivity contribution is 0.306. The molecule has 3 aromatic rings. The highest BCUT2D eigenvalue weighted by atomic mass is 32.1. The standard InChI is InChI=1S/C24H26N2OS/c1-3-26(24(28)25-23-12-8-7-9-19(23)2)17-20-13-15-22(16-14-20)27-18-21-10-5-4-6-11-21/h4-16H,3,17-18H2,1-2H3,(H,25,28). The molecule has 1 N–H and O–H groups in total. The van der Waals surface area contributed by atoms with Gasteiger partial charge in [0.2, 0.25) is 0 Å². The van der Waals surface area contributed by atoms with Gasteiger partial charge in [0.25, 0.3) is 0 Å². The van der Waals surface area contributed by atoms with Gasteiger partial charge in [0.05, 0.1) is 0 Å². The van der Waals surface area contributed by atoms with Crippen molar-refractivity contribution in [3.05, 3.63) is 95.6 Å². The maximum absolute atomic E-state index is 5.87. The zero-order chi connectivity index (χ0) is 19.8. The highest BCUT2D eigenvalue weighted by molar-refractivity contribution is 7.80. The van der Waals surface area contributed by atoms with Gasteiger partial charge in [-0.1, -0.05) is 60.7 Å².